The number of halogens is 1. The lowest BCUT2D eigenvalue weighted by atomic mass is 10.1. The fourth-order valence-electron chi connectivity index (χ4n) is 2.97. The first-order valence-corrected chi connectivity index (χ1v) is 9.92. The summed E-state index contributed by atoms with van der Waals surface area (Å²) in [5, 5.41) is 6.16. The SMILES string of the molecule is Cc1cccc(C)c1NC(=O)CNC(=O)c1ccccc1OCc1ccc(Cl)cc1. The van der Waals surface area contributed by atoms with Crippen molar-refractivity contribution in [2.45, 2.75) is 20.5 Å². The van der Waals surface area contributed by atoms with Crippen LogP contribution in [-0.4, -0.2) is 18.4 Å². The maximum Gasteiger partial charge on any atom is 0.255 e. The Bertz CT molecular complexity index is 1030. The average Bonchev–Trinajstić information content (AvgIpc) is 2.74. The number of ether oxygens (including phenoxy) is 1. The third-order valence-electron chi connectivity index (χ3n) is 4.59. The summed E-state index contributed by atoms with van der Waals surface area (Å²) in [6.45, 7) is 4.01. The number of carbonyl (C=O) groups excluding carboxylic acids is 2. The number of anilines is 1. The van der Waals surface area contributed by atoms with Crippen molar-refractivity contribution in [3.05, 3.63) is 94.0 Å². The van der Waals surface area contributed by atoms with E-state index >= 15 is 0 Å². The van der Waals surface area contributed by atoms with Gasteiger partial charge in [0.15, 0.2) is 0 Å². The van der Waals surface area contributed by atoms with Crippen LogP contribution in [0.2, 0.25) is 5.02 Å². The van der Waals surface area contributed by atoms with Crippen LogP contribution >= 0.6 is 11.6 Å². The molecule has 5 nitrogen and oxygen atoms in total. The van der Waals surface area contributed by atoms with E-state index in [0.717, 1.165) is 22.4 Å². The second kappa shape index (κ2) is 9.94. The van der Waals surface area contributed by atoms with Gasteiger partial charge < -0.3 is 15.4 Å². The van der Waals surface area contributed by atoms with Crippen molar-refractivity contribution in [3.8, 4) is 5.75 Å². The molecule has 0 unspecified atom stereocenters. The van der Waals surface area contributed by atoms with Crippen molar-refractivity contribution in [1.82, 2.24) is 5.32 Å². The lowest BCUT2D eigenvalue weighted by molar-refractivity contribution is -0.115. The zero-order valence-corrected chi connectivity index (χ0v) is 17.6. The van der Waals surface area contributed by atoms with Crippen LogP contribution in [-0.2, 0) is 11.4 Å². The highest BCUT2D eigenvalue weighted by atomic mass is 35.5. The number of hydrogen-bond donors (Lipinski definition) is 2. The van der Waals surface area contributed by atoms with Crippen LogP contribution in [0.1, 0.15) is 27.0 Å². The van der Waals surface area contributed by atoms with Gasteiger partial charge >= 0.3 is 0 Å². The Labute approximate surface area is 181 Å². The summed E-state index contributed by atoms with van der Waals surface area (Å²) in [4.78, 5) is 24.9. The molecule has 3 aromatic rings. The van der Waals surface area contributed by atoms with E-state index in [2.05, 4.69) is 10.6 Å². The Kier molecular flexibility index (Phi) is 7.09. The minimum absolute atomic E-state index is 0.141. The molecular formula is C24H23ClN2O3. The summed E-state index contributed by atoms with van der Waals surface area (Å²) >= 11 is 5.90. The lowest BCUT2D eigenvalue weighted by Gasteiger charge is -2.13. The van der Waals surface area contributed by atoms with Gasteiger partial charge in [0.2, 0.25) is 5.91 Å². The fourth-order valence-corrected chi connectivity index (χ4v) is 3.10. The summed E-state index contributed by atoms with van der Waals surface area (Å²) in [6, 6.07) is 20.0. The Morgan fingerprint density at radius 2 is 1.57 bits per heavy atom. The van der Waals surface area contributed by atoms with Gasteiger partial charge in [-0.05, 0) is 54.8 Å². The van der Waals surface area contributed by atoms with E-state index in [4.69, 9.17) is 16.3 Å². The molecule has 0 aromatic heterocycles. The monoisotopic (exact) mass is 422 g/mol. The maximum atomic E-state index is 12.6. The largest absolute Gasteiger partial charge is 0.488 e. The summed E-state index contributed by atoms with van der Waals surface area (Å²) in [7, 11) is 0. The molecule has 3 aromatic carbocycles. The normalized spacial score (nSPS) is 10.4. The third-order valence-corrected chi connectivity index (χ3v) is 4.85. The highest BCUT2D eigenvalue weighted by molar-refractivity contribution is 6.30. The molecule has 0 spiro atoms. The van der Waals surface area contributed by atoms with Crippen molar-refractivity contribution in [2.24, 2.45) is 0 Å². The first-order chi connectivity index (χ1) is 14.4. The highest BCUT2D eigenvalue weighted by Gasteiger charge is 2.14. The molecule has 0 saturated carbocycles. The van der Waals surface area contributed by atoms with Crippen molar-refractivity contribution in [1.29, 1.82) is 0 Å². The molecule has 0 heterocycles. The molecule has 0 aliphatic carbocycles. The minimum Gasteiger partial charge on any atom is -0.488 e. The lowest BCUT2D eigenvalue weighted by Crippen LogP contribution is -2.33. The van der Waals surface area contributed by atoms with Crippen LogP contribution in [0.15, 0.2) is 66.7 Å². The van der Waals surface area contributed by atoms with E-state index in [-0.39, 0.29) is 18.4 Å². The molecule has 0 bridgehead atoms. The predicted molar refractivity (Wildman–Crippen MR) is 119 cm³/mol. The van der Waals surface area contributed by atoms with Crippen molar-refractivity contribution in [3.63, 3.8) is 0 Å². The Morgan fingerprint density at radius 1 is 0.900 bits per heavy atom. The summed E-state index contributed by atoms with van der Waals surface area (Å²) < 4.78 is 5.81. The molecule has 0 aliphatic heterocycles. The first-order valence-electron chi connectivity index (χ1n) is 9.54. The van der Waals surface area contributed by atoms with Gasteiger partial charge in [0.25, 0.3) is 5.91 Å². The smallest absolute Gasteiger partial charge is 0.255 e. The Hall–Kier alpha value is -3.31. The van der Waals surface area contributed by atoms with E-state index < -0.39 is 0 Å². The van der Waals surface area contributed by atoms with Crippen LogP contribution in [0.4, 0.5) is 5.69 Å². The van der Waals surface area contributed by atoms with E-state index in [1.165, 1.54) is 0 Å². The van der Waals surface area contributed by atoms with E-state index in [1.807, 2.05) is 44.2 Å². The minimum atomic E-state index is -0.377. The number of amides is 2. The average molecular weight is 423 g/mol. The molecule has 154 valence electrons. The highest BCUT2D eigenvalue weighted by Crippen LogP contribution is 2.21. The summed E-state index contributed by atoms with van der Waals surface area (Å²) in [6.07, 6.45) is 0. The van der Waals surface area contributed by atoms with E-state index in [0.29, 0.717) is 22.9 Å². The van der Waals surface area contributed by atoms with Gasteiger partial charge in [-0.3, -0.25) is 9.59 Å². The quantitative estimate of drug-likeness (QED) is 0.568. The predicted octanol–water partition coefficient (Wildman–Crippen LogP) is 4.90. The van der Waals surface area contributed by atoms with Crippen molar-refractivity contribution >= 4 is 29.1 Å². The zero-order chi connectivity index (χ0) is 21.5. The molecule has 0 fully saturated rings. The van der Waals surface area contributed by atoms with Crippen LogP contribution in [0.25, 0.3) is 0 Å². The fraction of sp³-hybridized carbons (Fsp3) is 0.167. The van der Waals surface area contributed by atoms with Gasteiger partial charge in [0.1, 0.15) is 12.4 Å². The molecule has 0 saturated heterocycles. The zero-order valence-electron chi connectivity index (χ0n) is 16.9. The number of nitrogens with one attached hydrogen (secondary N) is 2. The van der Waals surface area contributed by atoms with E-state index in [1.54, 1.807) is 36.4 Å². The number of rotatable bonds is 7. The number of aryl methyl sites for hydroxylation is 2. The van der Waals surface area contributed by atoms with Gasteiger partial charge in [0.05, 0.1) is 12.1 Å². The van der Waals surface area contributed by atoms with Gasteiger partial charge in [-0.2, -0.15) is 0 Å². The third kappa shape index (κ3) is 5.61. The molecule has 0 aliphatic rings. The number of hydrogen-bond acceptors (Lipinski definition) is 3. The maximum absolute atomic E-state index is 12.6. The van der Waals surface area contributed by atoms with Gasteiger partial charge in [0, 0.05) is 10.7 Å². The molecule has 0 atom stereocenters. The second-order valence-electron chi connectivity index (χ2n) is 6.91. The molecule has 6 heteroatoms. The van der Waals surface area contributed by atoms with Crippen molar-refractivity contribution in [2.75, 3.05) is 11.9 Å². The Morgan fingerprint density at radius 3 is 2.27 bits per heavy atom. The number of carbonyl (C=O) groups is 2. The summed E-state index contributed by atoms with van der Waals surface area (Å²) in [5.74, 6) is -0.223. The van der Waals surface area contributed by atoms with Gasteiger partial charge in [-0.1, -0.05) is 54.1 Å². The molecule has 2 N–H and O–H groups in total. The van der Waals surface area contributed by atoms with Gasteiger partial charge in [-0.25, -0.2) is 0 Å². The van der Waals surface area contributed by atoms with Crippen LogP contribution in [0.3, 0.4) is 0 Å². The summed E-state index contributed by atoms with van der Waals surface area (Å²) in [5.41, 5.74) is 4.00. The van der Waals surface area contributed by atoms with Crippen LogP contribution in [0.5, 0.6) is 5.75 Å². The molecule has 3 rings (SSSR count). The van der Waals surface area contributed by atoms with Crippen LogP contribution in [0, 0.1) is 13.8 Å². The molecule has 2 amide bonds. The second-order valence-corrected chi connectivity index (χ2v) is 7.35. The number of para-hydroxylation sites is 2. The molecule has 30 heavy (non-hydrogen) atoms. The van der Waals surface area contributed by atoms with Gasteiger partial charge in [-0.15, -0.1) is 0 Å². The first kappa shape index (κ1) is 21.4. The number of benzene rings is 3. The Balaban J connectivity index is 1.60. The van der Waals surface area contributed by atoms with Crippen molar-refractivity contribution < 1.29 is 14.3 Å². The van der Waals surface area contributed by atoms with E-state index in [9.17, 15) is 9.59 Å². The standard InChI is InChI=1S/C24H23ClN2O3/c1-16-6-5-7-17(2)23(16)27-22(28)14-26-24(29)20-8-3-4-9-21(20)30-15-18-10-12-19(25)13-11-18/h3-13H,14-15H2,1-2H3,(H,26,29)(H,27,28). The molecule has 0 radical (unpaired) electrons. The topological polar surface area (TPSA) is 67.4 Å². The van der Waals surface area contributed by atoms with Crippen LogP contribution < -0.4 is 15.4 Å². The molecular weight excluding hydrogens is 400 g/mol.